The van der Waals surface area contributed by atoms with E-state index in [1.54, 1.807) is 13.8 Å². The lowest BCUT2D eigenvalue weighted by Crippen LogP contribution is -2.51. The Kier molecular flexibility index (Phi) is 2.95. The number of hydrogen-bond donors (Lipinski definition) is 0. The van der Waals surface area contributed by atoms with Crippen LogP contribution in [0.1, 0.15) is 20.3 Å². The summed E-state index contributed by atoms with van der Waals surface area (Å²) in [6, 6.07) is 0.211. The van der Waals surface area contributed by atoms with E-state index >= 15 is 0 Å². The first-order chi connectivity index (χ1) is 7.37. The van der Waals surface area contributed by atoms with Crippen molar-refractivity contribution in [3.05, 3.63) is 0 Å². The Labute approximate surface area is 93.7 Å². The predicted molar refractivity (Wildman–Crippen MR) is 54.1 cm³/mol. The van der Waals surface area contributed by atoms with Crippen LogP contribution in [0.2, 0.25) is 0 Å². The van der Waals surface area contributed by atoms with Gasteiger partial charge < -0.3 is 4.74 Å². The van der Waals surface area contributed by atoms with Crippen LogP contribution in [0, 0.1) is 11.3 Å². The largest absolute Gasteiger partial charge is 0.396 e. The lowest BCUT2D eigenvalue weighted by molar-refractivity contribution is -0.236. The van der Waals surface area contributed by atoms with Crippen LogP contribution in [-0.4, -0.2) is 43.4 Å². The van der Waals surface area contributed by atoms with Gasteiger partial charge in [0.15, 0.2) is 0 Å². The summed E-state index contributed by atoms with van der Waals surface area (Å²) in [6.45, 7) is 5.22. The van der Waals surface area contributed by atoms with Crippen molar-refractivity contribution < 1.29 is 17.9 Å². The Balaban J connectivity index is 2.11. The molecule has 2 nitrogen and oxygen atoms in total. The molecule has 0 spiro atoms. The summed E-state index contributed by atoms with van der Waals surface area (Å²) in [6.07, 6.45) is -3.87. The molecular formula is C11H18F3NO. The van der Waals surface area contributed by atoms with Gasteiger partial charge in [-0.2, -0.15) is 13.2 Å². The van der Waals surface area contributed by atoms with Gasteiger partial charge in [0.1, 0.15) is 0 Å². The number of halogens is 3. The van der Waals surface area contributed by atoms with Crippen molar-refractivity contribution in [2.24, 2.45) is 11.3 Å². The minimum atomic E-state index is -4.10. The monoisotopic (exact) mass is 237 g/mol. The summed E-state index contributed by atoms with van der Waals surface area (Å²) in [5.74, 6) is -0.363. The van der Waals surface area contributed by atoms with Crippen molar-refractivity contribution in [1.29, 1.82) is 0 Å². The van der Waals surface area contributed by atoms with Crippen molar-refractivity contribution >= 4 is 0 Å². The van der Waals surface area contributed by atoms with Crippen molar-refractivity contribution in [2.45, 2.75) is 32.5 Å². The molecule has 0 aromatic heterocycles. The summed E-state index contributed by atoms with van der Waals surface area (Å²) >= 11 is 0. The fourth-order valence-electron chi connectivity index (χ4n) is 2.64. The molecule has 1 unspecified atom stereocenters. The van der Waals surface area contributed by atoms with Gasteiger partial charge in [-0.1, -0.05) is 13.8 Å². The molecule has 2 fully saturated rings. The summed E-state index contributed by atoms with van der Waals surface area (Å²) in [5, 5.41) is 0. The summed E-state index contributed by atoms with van der Waals surface area (Å²) < 4.78 is 44.5. The fourth-order valence-corrected chi connectivity index (χ4v) is 2.64. The van der Waals surface area contributed by atoms with Gasteiger partial charge in [0.05, 0.1) is 24.7 Å². The maximum absolute atomic E-state index is 13.2. The SMILES string of the molecule is CC(C)C1(C(F)(F)F)CCN(C2COC2)C1. The van der Waals surface area contributed by atoms with Gasteiger partial charge in [0, 0.05) is 6.54 Å². The smallest absolute Gasteiger partial charge is 0.378 e. The van der Waals surface area contributed by atoms with Crippen LogP contribution in [0.15, 0.2) is 0 Å². The van der Waals surface area contributed by atoms with E-state index < -0.39 is 11.6 Å². The zero-order valence-electron chi connectivity index (χ0n) is 9.68. The lowest BCUT2D eigenvalue weighted by atomic mass is 9.76. The van der Waals surface area contributed by atoms with E-state index in [9.17, 15) is 13.2 Å². The van der Waals surface area contributed by atoms with Crippen LogP contribution >= 0.6 is 0 Å². The highest BCUT2D eigenvalue weighted by Crippen LogP contribution is 2.51. The molecular weight excluding hydrogens is 219 g/mol. The third-order valence-corrected chi connectivity index (χ3v) is 4.14. The van der Waals surface area contributed by atoms with Gasteiger partial charge in [0.2, 0.25) is 0 Å². The Morgan fingerprint density at radius 3 is 2.25 bits per heavy atom. The van der Waals surface area contributed by atoms with E-state index in [1.165, 1.54) is 0 Å². The van der Waals surface area contributed by atoms with Crippen LogP contribution < -0.4 is 0 Å². The Morgan fingerprint density at radius 2 is 1.94 bits per heavy atom. The average molecular weight is 237 g/mol. The molecule has 94 valence electrons. The molecule has 2 saturated heterocycles. The molecule has 0 radical (unpaired) electrons. The fraction of sp³-hybridized carbons (Fsp3) is 1.00. The Bertz CT molecular complexity index is 262. The lowest BCUT2D eigenvalue weighted by Gasteiger charge is -2.39. The van der Waals surface area contributed by atoms with Gasteiger partial charge in [-0.3, -0.25) is 4.90 Å². The third-order valence-electron chi connectivity index (χ3n) is 4.14. The molecule has 16 heavy (non-hydrogen) atoms. The van der Waals surface area contributed by atoms with Crippen LogP contribution in [0.4, 0.5) is 13.2 Å². The highest BCUT2D eigenvalue weighted by molar-refractivity contribution is 4.99. The minimum absolute atomic E-state index is 0.141. The molecule has 0 aliphatic carbocycles. The number of alkyl halides is 3. The molecule has 2 aliphatic heterocycles. The van der Waals surface area contributed by atoms with E-state index in [-0.39, 0.29) is 24.9 Å². The molecule has 5 heteroatoms. The molecule has 0 aromatic carbocycles. The van der Waals surface area contributed by atoms with E-state index in [0.29, 0.717) is 19.8 Å². The van der Waals surface area contributed by atoms with Crippen LogP contribution in [-0.2, 0) is 4.74 Å². The Hall–Kier alpha value is -0.290. The first-order valence-electron chi connectivity index (χ1n) is 5.75. The van der Waals surface area contributed by atoms with Gasteiger partial charge >= 0.3 is 6.18 Å². The van der Waals surface area contributed by atoms with Crippen molar-refractivity contribution in [3.8, 4) is 0 Å². The highest BCUT2D eigenvalue weighted by Gasteiger charge is 2.60. The van der Waals surface area contributed by atoms with Gasteiger partial charge in [0.25, 0.3) is 0 Å². The quantitative estimate of drug-likeness (QED) is 0.730. The predicted octanol–water partition coefficient (Wildman–Crippen LogP) is 2.30. The van der Waals surface area contributed by atoms with Gasteiger partial charge in [-0.15, -0.1) is 0 Å². The summed E-state index contributed by atoms with van der Waals surface area (Å²) in [5.41, 5.74) is -1.51. The molecule has 2 heterocycles. The van der Waals surface area contributed by atoms with Gasteiger partial charge in [-0.25, -0.2) is 0 Å². The number of nitrogens with zero attached hydrogens (tertiary/aromatic N) is 1. The molecule has 0 amide bonds. The van der Waals surface area contributed by atoms with Crippen LogP contribution in [0.5, 0.6) is 0 Å². The second kappa shape index (κ2) is 3.88. The molecule has 2 rings (SSSR count). The molecule has 2 aliphatic rings. The van der Waals surface area contributed by atoms with Gasteiger partial charge in [-0.05, 0) is 18.9 Å². The number of ether oxygens (including phenoxy) is 1. The van der Waals surface area contributed by atoms with E-state index in [1.807, 2.05) is 4.90 Å². The maximum atomic E-state index is 13.2. The second-order valence-corrected chi connectivity index (χ2v) is 5.22. The number of likely N-dealkylation sites (tertiary alicyclic amines) is 1. The third kappa shape index (κ3) is 1.74. The molecule has 0 N–H and O–H groups in total. The van der Waals surface area contributed by atoms with E-state index in [2.05, 4.69) is 0 Å². The maximum Gasteiger partial charge on any atom is 0.396 e. The highest BCUT2D eigenvalue weighted by atomic mass is 19.4. The normalized spacial score (nSPS) is 33.4. The van der Waals surface area contributed by atoms with Crippen LogP contribution in [0.3, 0.4) is 0 Å². The van der Waals surface area contributed by atoms with Crippen molar-refractivity contribution in [2.75, 3.05) is 26.3 Å². The minimum Gasteiger partial charge on any atom is -0.378 e. The number of hydrogen-bond acceptors (Lipinski definition) is 2. The summed E-state index contributed by atoms with van der Waals surface area (Å²) in [4.78, 5) is 1.94. The average Bonchev–Trinajstić information content (AvgIpc) is 2.45. The zero-order valence-corrected chi connectivity index (χ0v) is 9.68. The summed E-state index contributed by atoms with van der Waals surface area (Å²) in [7, 11) is 0. The topological polar surface area (TPSA) is 12.5 Å². The molecule has 0 aromatic rings. The first-order valence-corrected chi connectivity index (χ1v) is 5.75. The van der Waals surface area contributed by atoms with E-state index in [4.69, 9.17) is 4.74 Å². The molecule has 1 atom stereocenters. The second-order valence-electron chi connectivity index (χ2n) is 5.22. The van der Waals surface area contributed by atoms with Crippen LogP contribution in [0.25, 0.3) is 0 Å². The number of rotatable bonds is 2. The van der Waals surface area contributed by atoms with E-state index in [0.717, 1.165) is 0 Å². The Morgan fingerprint density at radius 1 is 1.31 bits per heavy atom. The standard InChI is InChI=1S/C11H18F3NO/c1-8(2)10(11(12,13)14)3-4-15(7-10)9-5-16-6-9/h8-9H,3-7H2,1-2H3. The molecule has 0 bridgehead atoms. The molecule has 0 saturated carbocycles. The zero-order chi connectivity index (χ0) is 12.0. The first kappa shape index (κ1) is 12.2. The van der Waals surface area contributed by atoms with Crippen molar-refractivity contribution in [3.63, 3.8) is 0 Å². The van der Waals surface area contributed by atoms with Crippen molar-refractivity contribution in [1.82, 2.24) is 4.90 Å².